The Labute approximate surface area is 143 Å². The van der Waals surface area contributed by atoms with Crippen LogP contribution in [0.1, 0.15) is 40.8 Å². The molecule has 1 aliphatic heterocycles. The summed E-state index contributed by atoms with van der Waals surface area (Å²) in [6.45, 7) is 2.46. The Bertz CT molecular complexity index is 900. The fourth-order valence-corrected chi connectivity index (χ4v) is 3.13. The zero-order chi connectivity index (χ0) is 17.4. The Morgan fingerprint density at radius 3 is 2.72 bits per heavy atom. The summed E-state index contributed by atoms with van der Waals surface area (Å²) in [7, 11) is 0. The van der Waals surface area contributed by atoms with Gasteiger partial charge in [-0.05, 0) is 44.0 Å². The minimum Gasteiger partial charge on any atom is -0.361 e. The third-order valence-electron chi connectivity index (χ3n) is 4.36. The van der Waals surface area contributed by atoms with Gasteiger partial charge in [-0.2, -0.15) is 0 Å². The van der Waals surface area contributed by atoms with Crippen LogP contribution in [0, 0.1) is 12.7 Å². The number of hydrogen-bond acceptors (Lipinski definition) is 5. The zero-order valence-corrected chi connectivity index (χ0v) is 13.6. The lowest BCUT2D eigenvalue weighted by atomic mass is 10.1. The van der Waals surface area contributed by atoms with Crippen molar-refractivity contribution in [2.75, 3.05) is 6.54 Å². The van der Waals surface area contributed by atoms with Gasteiger partial charge in [0.05, 0.1) is 6.04 Å². The monoisotopic (exact) mass is 341 g/mol. The van der Waals surface area contributed by atoms with Gasteiger partial charge < -0.3 is 13.9 Å². The molecule has 1 atom stereocenters. The molecule has 0 bridgehead atoms. The normalized spacial score (nSPS) is 17.2. The second-order valence-electron chi connectivity index (χ2n) is 6.10. The summed E-state index contributed by atoms with van der Waals surface area (Å²) in [6, 6.07) is 9.16. The second kappa shape index (κ2) is 6.16. The number of hydrogen-bond donors (Lipinski definition) is 0. The largest absolute Gasteiger partial charge is 0.361 e. The molecule has 0 unspecified atom stereocenters. The summed E-state index contributed by atoms with van der Waals surface area (Å²) in [4.78, 5) is 14.6. The smallest absolute Gasteiger partial charge is 0.276 e. The molecule has 1 saturated heterocycles. The van der Waals surface area contributed by atoms with Crippen LogP contribution in [-0.2, 0) is 0 Å². The third-order valence-corrected chi connectivity index (χ3v) is 4.36. The van der Waals surface area contributed by atoms with E-state index in [-0.39, 0.29) is 23.5 Å². The van der Waals surface area contributed by atoms with Gasteiger partial charge in [0.2, 0.25) is 0 Å². The van der Waals surface area contributed by atoms with Gasteiger partial charge in [-0.1, -0.05) is 10.3 Å². The summed E-state index contributed by atoms with van der Waals surface area (Å²) in [6.07, 6.45) is 1.73. The maximum atomic E-state index is 13.0. The van der Waals surface area contributed by atoms with Crippen LogP contribution in [0.5, 0.6) is 0 Å². The molecule has 3 aromatic rings. The Hall–Kier alpha value is -2.96. The first-order valence-electron chi connectivity index (χ1n) is 8.08. The van der Waals surface area contributed by atoms with Crippen molar-refractivity contribution in [2.24, 2.45) is 0 Å². The number of aromatic nitrogens is 2. The third kappa shape index (κ3) is 2.93. The number of likely N-dealkylation sites (tertiary alicyclic amines) is 1. The first-order chi connectivity index (χ1) is 12.1. The summed E-state index contributed by atoms with van der Waals surface area (Å²) in [5, 5.41) is 7.93. The van der Waals surface area contributed by atoms with Gasteiger partial charge in [0.1, 0.15) is 17.3 Å². The van der Waals surface area contributed by atoms with Crippen LogP contribution < -0.4 is 0 Å². The zero-order valence-electron chi connectivity index (χ0n) is 13.6. The van der Waals surface area contributed by atoms with Gasteiger partial charge in [-0.3, -0.25) is 4.79 Å². The molecule has 6 nitrogen and oxygen atoms in total. The van der Waals surface area contributed by atoms with Gasteiger partial charge in [-0.25, -0.2) is 4.39 Å². The molecule has 128 valence electrons. The SMILES string of the molecule is Cc1cc([C@@H]2CCCN2C(=O)c2cc(-c3ccc(F)cc3)on2)no1. The first kappa shape index (κ1) is 15.6. The number of carbonyl (C=O) groups excluding carboxylic acids is 1. The minimum absolute atomic E-state index is 0.115. The van der Waals surface area contributed by atoms with E-state index in [0.717, 1.165) is 18.5 Å². The molecule has 2 aromatic heterocycles. The molecule has 1 aliphatic rings. The average Bonchev–Trinajstić information content (AvgIpc) is 3.35. The van der Waals surface area contributed by atoms with Gasteiger partial charge in [0.15, 0.2) is 11.5 Å². The highest BCUT2D eigenvalue weighted by molar-refractivity contribution is 5.93. The van der Waals surface area contributed by atoms with Crippen molar-refractivity contribution in [2.45, 2.75) is 25.8 Å². The topological polar surface area (TPSA) is 72.4 Å². The molecular weight excluding hydrogens is 325 g/mol. The average molecular weight is 341 g/mol. The number of rotatable bonds is 3. The molecule has 0 aliphatic carbocycles. The van der Waals surface area contributed by atoms with Gasteiger partial charge >= 0.3 is 0 Å². The van der Waals surface area contributed by atoms with E-state index < -0.39 is 0 Å². The van der Waals surface area contributed by atoms with Gasteiger partial charge in [-0.15, -0.1) is 0 Å². The molecule has 4 rings (SSSR count). The van der Waals surface area contributed by atoms with Crippen molar-refractivity contribution < 1.29 is 18.2 Å². The molecule has 1 amide bonds. The van der Waals surface area contributed by atoms with Gasteiger partial charge in [0.25, 0.3) is 5.91 Å². The highest BCUT2D eigenvalue weighted by atomic mass is 19.1. The molecule has 0 radical (unpaired) electrons. The lowest BCUT2D eigenvalue weighted by molar-refractivity contribution is 0.0720. The number of aryl methyl sites for hydroxylation is 1. The lowest BCUT2D eigenvalue weighted by Gasteiger charge is -2.21. The number of nitrogens with zero attached hydrogens (tertiary/aromatic N) is 3. The summed E-state index contributed by atoms with van der Waals surface area (Å²) in [5.74, 6) is 0.605. The van der Waals surface area contributed by atoms with Crippen molar-refractivity contribution >= 4 is 5.91 Å². The van der Waals surface area contributed by atoms with Crippen molar-refractivity contribution in [3.63, 3.8) is 0 Å². The standard InChI is InChI=1S/C18H16FN3O3/c1-11-9-14(20-24-11)16-3-2-8-22(16)18(23)15-10-17(25-21-15)12-4-6-13(19)7-5-12/h4-7,9-10,16H,2-3,8H2,1H3/t16-/m0/s1. The Kier molecular flexibility index (Phi) is 3.83. The van der Waals surface area contributed by atoms with E-state index in [1.807, 2.05) is 13.0 Å². The van der Waals surface area contributed by atoms with E-state index in [2.05, 4.69) is 10.3 Å². The predicted octanol–water partition coefficient (Wildman–Crippen LogP) is 3.75. The molecule has 1 aromatic carbocycles. The number of amides is 1. The summed E-state index contributed by atoms with van der Waals surface area (Å²) < 4.78 is 23.4. The van der Waals surface area contributed by atoms with E-state index in [1.165, 1.54) is 12.1 Å². The highest BCUT2D eigenvalue weighted by Gasteiger charge is 2.34. The molecule has 25 heavy (non-hydrogen) atoms. The van der Waals surface area contributed by atoms with Crippen molar-refractivity contribution in [1.82, 2.24) is 15.2 Å². The van der Waals surface area contributed by atoms with Crippen molar-refractivity contribution in [3.05, 3.63) is 59.4 Å². The fourth-order valence-electron chi connectivity index (χ4n) is 3.13. The minimum atomic E-state index is -0.331. The number of benzene rings is 1. The van der Waals surface area contributed by atoms with Crippen LogP contribution in [0.3, 0.4) is 0 Å². The van der Waals surface area contributed by atoms with Crippen LogP contribution in [0.4, 0.5) is 4.39 Å². The van der Waals surface area contributed by atoms with Crippen LogP contribution in [-0.4, -0.2) is 27.7 Å². The molecular formula is C18H16FN3O3. The maximum absolute atomic E-state index is 13.0. The number of carbonyl (C=O) groups is 1. The van der Waals surface area contributed by atoms with Crippen LogP contribution in [0.15, 0.2) is 45.4 Å². The van der Waals surface area contributed by atoms with E-state index in [4.69, 9.17) is 9.05 Å². The first-order valence-corrected chi connectivity index (χ1v) is 8.08. The lowest BCUT2D eigenvalue weighted by Crippen LogP contribution is -2.30. The maximum Gasteiger partial charge on any atom is 0.276 e. The molecule has 0 spiro atoms. The van der Waals surface area contributed by atoms with E-state index in [0.29, 0.717) is 23.6 Å². The van der Waals surface area contributed by atoms with Crippen molar-refractivity contribution in [3.8, 4) is 11.3 Å². The number of halogens is 1. The second-order valence-corrected chi connectivity index (χ2v) is 6.10. The van der Waals surface area contributed by atoms with Crippen LogP contribution in [0.2, 0.25) is 0 Å². The molecule has 1 fully saturated rings. The quantitative estimate of drug-likeness (QED) is 0.725. The molecule has 7 heteroatoms. The van der Waals surface area contributed by atoms with E-state index in [9.17, 15) is 9.18 Å². The van der Waals surface area contributed by atoms with Gasteiger partial charge in [0, 0.05) is 24.2 Å². The summed E-state index contributed by atoms with van der Waals surface area (Å²) in [5.41, 5.74) is 1.65. The fraction of sp³-hybridized carbons (Fsp3) is 0.278. The Morgan fingerprint density at radius 1 is 1.20 bits per heavy atom. The van der Waals surface area contributed by atoms with E-state index >= 15 is 0 Å². The summed E-state index contributed by atoms with van der Waals surface area (Å²) >= 11 is 0. The predicted molar refractivity (Wildman–Crippen MR) is 86.1 cm³/mol. The van der Waals surface area contributed by atoms with Crippen LogP contribution >= 0.6 is 0 Å². The molecule has 0 saturated carbocycles. The highest BCUT2D eigenvalue weighted by Crippen LogP contribution is 2.33. The van der Waals surface area contributed by atoms with Crippen LogP contribution in [0.25, 0.3) is 11.3 Å². The molecule has 3 heterocycles. The molecule has 0 N–H and O–H groups in total. The van der Waals surface area contributed by atoms with Crippen molar-refractivity contribution in [1.29, 1.82) is 0 Å². The Balaban J connectivity index is 1.57. The Morgan fingerprint density at radius 2 is 2.00 bits per heavy atom. The van der Waals surface area contributed by atoms with E-state index in [1.54, 1.807) is 23.1 Å².